The van der Waals surface area contributed by atoms with Crippen molar-refractivity contribution in [3.05, 3.63) is 29.8 Å². The zero-order chi connectivity index (χ0) is 29.5. The van der Waals surface area contributed by atoms with Gasteiger partial charge in [0.1, 0.15) is 23.9 Å². The molecular weight excluding hydrogens is 536 g/mol. The number of carboxylic acid groups (broad SMARTS) is 3. The number of aromatic hydroxyl groups is 1. The Bertz CT molecular complexity index is 1020. The van der Waals surface area contributed by atoms with Gasteiger partial charge in [-0.15, -0.1) is 0 Å². The van der Waals surface area contributed by atoms with Crippen LogP contribution < -0.4 is 21.7 Å². The summed E-state index contributed by atoms with van der Waals surface area (Å²) >= 11 is 1.46. The topological polar surface area (TPSA) is 245 Å². The molecule has 0 heterocycles. The molecule has 0 aromatic heterocycles. The van der Waals surface area contributed by atoms with E-state index in [0.29, 0.717) is 17.7 Å². The second-order valence-electron chi connectivity index (χ2n) is 8.65. The first-order valence-corrected chi connectivity index (χ1v) is 13.3. The Kier molecular flexibility index (Phi) is 14.4. The number of aliphatic carboxylic acids is 3. The predicted molar refractivity (Wildman–Crippen MR) is 140 cm³/mol. The molecule has 14 nitrogen and oxygen atoms in total. The SMILES string of the molecule is CSCCC(N)C(=O)NC(CCC(=O)O)C(=O)NC(Cc1ccc(O)cc1)C(=O)NC(CCC(=O)O)C(=O)O. The van der Waals surface area contributed by atoms with Gasteiger partial charge < -0.3 is 42.1 Å². The molecule has 0 aliphatic rings. The first-order valence-electron chi connectivity index (χ1n) is 11.9. The van der Waals surface area contributed by atoms with Crippen molar-refractivity contribution < 1.29 is 49.2 Å². The van der Waals surface area contributed by atoms with Crippen molar-refractivity contribution in [2.24, 2.45) is 5.73 Å². The molecule has 216 valence electrons. The number of hydrogen-bond acceptors (Lipinski definition) is 9. The van der Waals surface area contributed by atoms with Gasteiger partial charge in [0.2, 0.25) is 17.7 Å². The molecule has 1 rings (SSSR count). The summed E-state index contributed by atoms with van der Waals surface area (Å²) in [6.45, 7) is 0. The van der Waals surface area contributed by atoms with Crippen LogP contribution in [0.5, 0.6) is 5.75 Å². The largest absolute Gasteiger partial charge is 0.508 e. The van der Waals surface area contributed by atoms with Crippen LogP contribution in [-0.4, -0.2) is 92.2 Å². The standard InChI is InChI=1S/C24H34N4O10S/c1-39-11-10-15(25)21(34)26-16(6-8-19(30)31)22(35)28-18(12-13-2-4-14(29)5-3-13)23(36)27-17(24(37)38)7-9-20(32)33/h2-5,15-18,29H,6-12,25H2,1H3,(H,26,34)(H,27,36)(H,28,35)(H,30,31)(H,32,33)(H,37,38). The number of carboxylic acids is 3. The molecule has 0 aliphatic carbocycles. The van der Waals surface area contributed by atoms with E-state index in [2.05, 4.69) is 16.0 Å². The van der Waals surface area contributed by atoms with Crippen molar-refractivity contribution in [3.8, 4) is 5.75 Å². The van der Waals surface area contributed by atoms with Gasteiger partial charge in [-0.3, -0.25) is 24.0 Å². The van der Waals surface area contributed by atoms with E-state index < -0.39 is 79.1 Å². The summed E-state index contributed by atoms with van der Waals surface area (Å²) in [7, 11) is 0. The third-order valence-corrected chi connectivity index (χ3v) is 6.16. The smallest absolute Gasteiger partial charge is 0.326 e. The Hall–Kier alpha value is -3.85. The van der Waals surface area contributed by atoms with Crippen LogP contribution in [0.1, 0.15) is 37.7 Å². The normalized spacial score (nSPS) is 13.8. The first-order chi connectivity index (χ1) is 18.3. The maximum Gasteiger partial charge on any atom is 0.326 e. The van der Waals surface area contributed by atoms with Crippen LogP contribution in [0.3, 0.4) is 0 Å². The third-order valence-electron chi connectivity index (χ3n) is 5.52. The summed E-state index contributed by atoms with van der Waals surface area (Å²) in [5.74, 6) is -6.00. The van der Waals surface area contributed by atoms with Crippen LogP contribution in [-0.2, 0) is 35.2 Å². The molecule has 15 heteroatoms. The molecule has 0 aliphatic heterocycles. The lowest BCUT2D eigenvalue weighted by Crippen LogP contribution is -2.57. The predicted octanol–water partition coefficient (Wildman–Crippen LogP) is -0.716. The summed E-state index contributed by atoms with van der Waals surface area (Å²) in [6, 6.07) is 0.318. The summed E-state index contributed by atoms with van der Waals surface area (Å²) in [5, 5.41) is 43.9. The van der Waals surface area contributed by atoms with E-state index in [9.17, 15) is 39.0 Å². The molecule has 39 heavy (non-hydrogen) atoms. The number of carbonyl (C=O) groups is 6. The van der Waals surface area contributed by atoms with Crippen molar-refractivity contribution in [1.82, 2.24) is 16.0 Å². The number of benzene rings is 1. The lowest BCUT2D eigenvalue weighted by Gasteiger charge is -2.25. The molecule has 0 bridgehead atoms. The fraction of sp³-hybridized carbons (Fsp3) is 0.500. The minimum absolute atomic E-state index is 0.0577. The second kappa shape index (κ2) is 16.9. The highest BCUT2D eigenvalue weighted by atomic mass is 32.2. The zero-order valence-corrected chi connectivity index (χ0v) is 22.1. The maximum atomic E-state index is 13.1. The minimum atomic E-state index is -1.57. The Balaban J connectivity index is 3.16. The molecular formula is C24H34N4O10S. The summed E-state index contributed by atoms with van der Waals surface area (Å²) in [6.07, 6.45) is 0.210. The molecule has 4 unspecified atom stereocenters. The van der Waals surface area contributed by atoms with E-state index in [1.807, 2.05) is 6.26 Å². The van der Waals surface area contributed by atoms with Gasteiger partial charge in [0.25, 0.3) is 0 Å². The van der Waals surface area contributed by atoms with E-state index in [4.69, 9.17) is 15.9 Å². The van der Waals surface area contributed by atoms with Gasteiger partial charge in [-0.25, -0.2) is 4.79 Å². The quantitative estimate of drug-likeness (QED) is 0.109. The number of phenolic OH excluding ortho intramolecular Hbond substituents is 1. The minimum Gasteiger partial charge on any atom is -0.508 e. The van der Waals surface area contributed by atoms with Crippen LogP contribution >= 0.6 is 11.8 Å². The van der Waals surface area contributed by atoms with Crippen LogP contribution in [0.25, 0.3) is 0 Å². The molecule has 0 saturated carbocycles. The van der Waals surface area contributed by atoms with Crippen molar-refractivity contribution >= 4 is 47.4 Å². The first kappa shape index (κ1) is 33.2. The van der Waals surface area contributed by atoms with Gasteiger partial charge >= 0.3 is 17.9 Å². The van der Waals surface area contributed by atoms with Crippen molar-refractivity contribution in [3.63, 3.8) is 0 Å². The summed E-state index contributed by atoms with van der Waals surface area (Å²) in [4.78, 5) is 72.3. The lowest BCUT2D eigenvalue weighted by molar-refractivity contribution is -0.143. The monoisotopic (exact) mass is 570 g/mol. The molecule has 4 atom stereocenters. The van der Waals surface area contributed by atoms with Gasteiger partial charge in [0, 0.05) is 19.3 Å². The average Bonchev–Trinajstić information content (AvgIpc) is 2.87. The van der Waals surface area contributed by atoms with E-state index in [1.54, 1.807) is 0 Å². The highest BCUT2D eigenvalue weighted by Crippen LogP contribution is 2.12. The number of phenols is 1. The number of hydrogen-bond donors (Lipinski definition) is 8. The molecule has 0 saturated heterocycles. The van der Waals surface area contributed by atoms with Crippen molar-refractivity contribution in [2.75, 3.05) is 12.0 Å². The van der Waals surface area contributed by atoms with Crippen LogP contribution in [0.15, 0.2) is 24.3 Å². The Morgan fingerprint density at radius 1 is 0.769 bits per heavy atom. The number of rotatable bonds is 18. The fourth-order valence-electron chi connectivity index (χ4n) is 3.34. The zero-order valence-electron chi connectivity index (χ0n) is 21.3. The summed E-state index contributed by atoms with van der Waals surface area (Å²) < 4.78 is 0. The number of amides is 3. The van der Waals surface area contributed by atoms with Crippen LogP contribution in [0, 0.1) is 0 Å². The highest BCUT2D eigenvalue weighted by molar-refractivity contribution is 7.98. The van der Waals surface area contributed by atoms with Gasteiger partial charge in [0.05, 0.1) is 6.04 Å². The van der Waals surface area contributed by atoms with E-state index in [-0.39, 0.29) is 18.6 Å². The molecule has 0 spiro atoms. The third kappa shape index (κ3) is 13.0. The number of thioether (sulfide) groups is 1. The molecule has 1 aromatic rings. The number of carbonyl (C=O) groups excluding carboxylic acids is 3. The maximum absolute atomic E-state index is 13.1. The number of nitrogens with one attached hydrogen (secondary N) is 3. The van der Waals surface area contributed by atoms with E-state index in [1.165, 1.54) is 36.0 Å². The molecule has 3 amide bonds. The van der Waals surface area contributed by atoms with Crippen molar-refractivity contribution in [2.45, 2.75) is 62.7 Å². The second-order valence-corrected chi connectivity index (χ2v) is 9.63. The highest BCUT2D eigenvalue weighted by Gasteiger charge is 2.31. The van der Waals surface area contributed by atoms with E-state index >= 15 is 0 Å². The van der Waals surface area contributed by atoms with Crippen molar-refractivity contribution in [1.29, 1.82) is 0 Å². The molecule has 9 N–H and O–H groups in total. The number of nitrogens with two attached hydrogens (primary N) is 1. The summed E-state index contributed by atoms with van der Waals surface area (Å²) in [5.41, 5.74) is 6.32. The molecule has 1 aromatic carbocycles. The van der Waals surface area contributed by atoms with Gasteiger partial charge in [-0.1, -0.05) is 12.1 Å². The Morgan fingerprint density at radius 2 is 1.26 bits per heavy atom. The molecule has 0 fully saturated rings. The van der Waals surface area contributed by atoms with Gasteiger partial charge in [0.15, 0.2) is 0 Å². The lowest BCUT2D eigenvalue weighted by atomic mass is 10.0. The van der Waals surface area contributed by atoms with Crippen LogP contribution in [0.2, 0.25) is 0 Å². The van der Waals surface area contributed by atoms with Crippen LogP contribution in [0.4, 0.5) is 0 Å². The van der Waals surface area contributed by atoms with Gasteiger partial charge in [-0.2, -0.15) is 11.8 Å². The Morgan fingerprint density at radius 3 is 1.77 bits per heavy atom. The van der Waals surface area contributed by atoms with Gasteiger partial charge in [-0.05, 0) is 49.0 Å². The molecule has 0 radical (unpaired) electrons. The fourth-order valence-corrected chi connectivity index (χ4v) is 3.83. The van der Waals surface area contributed by atoms with E-state index in [0.717, 1.165) is 0 Å². The average molecular weight is 571 g/mol. The Labute approximate surface area is 228 Å².